The molecule has 23 heavy (non-hydrogen) atoms. The number of ether oxygens (including phenoxy) is 1. The van der Waals surface area contributed by atoms with Crippen LogP contribution in [0.4, 0.5) is 5.69 Å². The van der Waals surface area contributed by atoms with Crippen LogP contribution in [0.5, 0.6) is 0 Å². The van der Waals surface area contributed by atoms with Gasteiger partial charge in [0.05, 0.1) is 19.4 Å². The number of methoxy groups -OCH3 is 1. The van der Waals surface area contributed by atoms with E-state index in [0.29, 0.717) is 16.7 Å². The Hall–Kier alpha value is -2.93. The summed E-state index contributed by atoms with van der Waals surface area (Å²) < 4.78 is 10.5. The Morgan fingerprint density at radius 2 is 2.22 bits per heavy atom. The zero-order valence-corrected chi connectivity index (χ0v) is 12.5. The van der Waals surface area contributed by atoms with E-state index < -0.39 is 11.4 Å². The molecule has 0 spiro atoms. The molecule has 0 saturated heterocycles. The molecular formula is C16H14N2O5. The summed E-state index contributed by atoms with van der Waals surface area (Å²) >= 11 is 0. The number of hydrogen-bond acceptors (Lipinski definition) is 7. The number of nitrogens with zero attached hydrogens (tertiary/aromatic N) is 1. The zero-order chi connectivity index (χ0) is 16.6. The van der Waals surface area contributed by atoms with E-state index in [1.807, 2.05) is 0 Å². The molecule has 2 aliphatic rings. The first-order chi connectivity index (χ1) is 11.1. The molecule has 0 saturated carbocycles. The third kappa shape index (κ3) is 2.31. The van der Waals surface area contributed by atoms with E-state index in [2.05, 4.69) is 10.3 Å². The van der Waals surface area contributed by atoms with Crippen LogP contribution in [0.2, 0.25) is 0 Å². The second-order valence-electron chi connectivity index (χ2n) is 4.85. The van der Waals surface area contributed by atoms with Gasteiger partial charge in [0.15, 0.2) is 11.3 Å². The number of fused-ring (bicyclic) bond motifs is 2. The maximum absolute atomic E-state index is 12.2. The minimum atomic E-state index is -0.694. The summed E-state index contributed by atoms with van der Waals surface area (Å²) in [7, 11) is 2.76. The van der Waals surface area contributed by atoms with Crippen LogP contribution < -0.4 is 10.7 Å². The van der Waals surface area contributed by atoms with Gasteiger partial charge in [0.25, 0.3) is 0 Å². The molecule has 0 radical (unpaired) electrons. The predicted molar refractivity (Wildman–Crippen MR) is 83.7 cm³/mol. The van der Waals surface area contributed by atoms with Crippen molar-refractivity contribution in [3.8, 4) is 11.5 Å². The van der Waals surface area contributed by atoms with Gasteiger partial charge in [0.2, 0.25) is 5.43 Å². The summed E-state index contributed by atoms with van der Waals surface area (Å²) in [6, 6.07) is 6.36. The molecule has 1 heterocycles. The molecule has 0 atom stereocenters. The Bertz CT molecular complexity index is 932. The van der Waals surface area contributed by atoms with Crippen molar-refractivity contribution in [1.82, 2.24) is 4.98 Å². The van der Waals surface area contributed by atoms with E-state index in [0.717, 1.165) is 0 Å². The molecular weight excluding hydrogens is 300 g/mol. The number of para-hydroxylation sites is 1. The zero-order valence-electron chi connectivity index (χ0n) is 12.5. The summed E-state index contributed by atoms with van der Waals surface area (Å²) in [6.45, 7) is -0.225. The SMILES string of the molecule is CNc1c(C(=O)OC)c2nc3c(CO)cccc3oc-2cc1=O. The lowest BCUT2D eigenvalue weighted by atomic mass is 10.1. The van der Waals surface area contributed by atoms with Crippen LogP contribution in [-0.4, -0.2) is 30.2 Å². The van der Waals surface area contributed by atoms with Crippen LogP contribution >= 0.6 is 0 Å². The number of carbonyl (C=O) groups is 1. The first kappa shape index (κ1) is 15.0. The lowest BCUT2D eigenvalue weighted by Crippen LogP contribution is -2.18. The number of benzene rings is 2. The van der Waals surface area contributed by atoms with Gasteiger partial charge in [-0.2, -0.15) is 0 Å². The Balaban J connectivity index is 2.49. The molecule has 1 aromatic rings. The minimum Gasteiger partial charge on any atom is -0.465 e. The summed E-state index contributed by atoms with van der Waals surface area (Å²) in [6.07, 6.45) is 0. The number of hydrogen-bond donors (Lipinski definition) is 2. The number of nitrogens with one attached hydrogen (secondary N) is 1. The molecule has 2 N–H and O–H groups in total. The van der Waals surface area contributed by atoms with Crippen LogP contribution in [0.1, 0.15) is 15.9 Å². The highest BCUT2D eigenvalue weighted by Gasteiger charge is 2.26. The van der Waals surface area contributed by atoms with Gasteiger partial charge < -0.3 is 19.6 Å². The molecule has 7 heteroatoms. The predicted octanol–water partition coefficient (Wildman–Crippen LogP) is 1.61. The van der Waals surface area contributed by atoms with Crippen molar-refractivity contribution in [2.75, 3.05) is 19.5 Å². The Morgan fingerprint density at radius 1 is 1.43 bits per heavy atom. The molecule has 0 amide bonds. The average molecular weight is 314 g/mol. The molecule has 3 rings (SSSR count). The van der Waals surface area contributed by atoms with Gasteiger partial charge in [-0.15, -0.1) is 0 Å². The summed E-state index contributed by atoms with van der Waals surface area (Å²) in [5.74, 6) is -0.516. The Labute approximate surface area is 130 Å². The van der Waals surface area contributed by atoms with Gasteiger partial charge in [0.1, 0.15) is 16.8 Å². The van der Waals surface area contributed by atoms with Crippen LogP contribution in [0.3, 0.4) is 0 Å². The van der Waals surface area contributed by atoms with Gasteiger partial charge >= 0.3 is 5.97 Å². The minimum absolute atomic E-state index is 0.0101. The second-order valence-corrected chi connectivity index (χ2v) is 4.85. The maximum Gasteiger partial charge on any atom is 0.342 e. The van der Waals surface area contributed by atoms with E-state index in [1.54, 1.807) is 18.2 Å². The molecule has 7 nitrogen and oxygen atoms in total. The third-order valence-corrected chi connectivity index (χ3v) is 3.56. The standard InChI is InChI=1S/C16H14N2O5/c1-17-14-9(20)6-11-15(12(14)16(21)22-2)18-13-8(7-19)4-3-5-10(13)23-11/h3-6,17,19H,7H2,1-2H3. The smallest absolute Gasteiger partial charge is 0.342 e. The normalized spacial score (nSPS) is 10.9. The van der Waals surface area contributed by atoms with Gasteiger partial charge in [-0.05, 0) is 6.07 Å². The number of carbonyl (C=O) groups excluding carboxylic acids is 1. The molecule has 1 aliphatic heterocycles. The van der Waals surface area contributed by atoms with Crippen molar-refractivity contribution in [2.24, 2.45) is 0 Å². The third-order valence-electron chi connectivity index (χ3n) is 3.56. The summed E-state index contributed by atoms with van der Waals surface area (Å²) in [4.78, 5) is 28.7. The molecule has 0 bridgehead atoms. The molecule has 0 fully saturated rings. The molecule has 0 unspecified atom stereocenters. The number of aliphatic hydroxyl groups is 1. The fourth-order valence-corrected chi connectivity index (χ4v) is 2.50. The first-order valence-corrected chi connectivity index (χ1v) is 6.87. The van der Waals surface area contributed by atoms with Crippen LogP contribution in [0.25, 0.3) is 22.6 Å². The molecule has 1 aromatic carbocycles. The highest BCUT2D eigenvalue weighted by molar-refractivity contribution is 6.02. The van der Waals surface area contributed by atoms with Crippen LogP contribution in [-0.2, 0) is 11.3 Å². The Morgan fingerprint density at radius 3 is 2.87 bits per heavy atom. The van der Waals surface area contributed by atoms with Crippen molar-refractivity contribution in [2.45, 2.75) is 6.61 Å². The van der Waals surface area contributed by atoms with Gasteiger partial charge in [0, 0.05) is 18.7 Å². The summed E-state index contributed by atoms with van der Waals surface area (Å²) in [5, 5.41) is 12.1. The monoisotopic (exact) mass is 314 g/mol. The Kier molecular flexibility index (Phi) is 3.71. The fourth-order valence-electron chi connectivity index (χ4n) is 2.50. The van der Waals surface area contributed by atoms with Gasteiger partial charge in [-0.25, -0.2) is 9.78 Å². The van der Waals surface area contributed by atoms with Crippen LogP contribution in [0.15, 0.2) is 33.5 Å². The second kappa shape index (κ2) is 5.69. The number of rotatable bonds is 3. The highest BCUT2D eigenvalue weighted by atomic mass is 16.5. The van der Waals surface area contributed by atoms with Crippen LogP contribution in [0, 0.1) is 0 Å². The average Bonchev–Trinajstić information content (AvgIpc) is 2.57. The molecule has 118 valence electrons. The van der Waals surface area contributed by atoms with Crippen molar-refractivity contribution in [3.63, 3.8) is 0 Å². The van der Waals surface area contributed by atoms with Crippen molar-refractivity contribution in [3.05, 3.63) is 45.6 Å². The van der Waals surface area contributed by atoms with Gasteiger partial charge in [-0.1, -0.05) is 12.1 Å². The van der Waals surface area contributed by atoms with E-state index >= 15 is 0 Å². The maximum atomic E-state index is 12.2. The van der Waals surface area contributed by atoms with E-state index in [-0.39, 0.29) is 29.3 Å². The number of anilines is 1. The van der Waals surface area contributed by atoms with Crippen molar-refractivity contribution >= 4 is 22.8 Å². The van der Waals surface area contributed by atoms with Gasteiger partial charge in [-0.3, -0.25) is 4.79 Å². The highest BCUT2D eigenvalue weighted by Crippen LogP contribution is 2.31. The lowest BCUT2D eigenvalue weighted by Gasteiger charge is -2.14. The quantitative estimate of drug-likeness (QED) is 0.559. The van der Waals surface area contributed by atoms with E-state index in [4.69, 9.17) is 9.15 Å². The van der Waals surface area contributed by atoms with Crippen molar-refractivity contribution < 1.29 is 19.1 Å². The first-order valence-electron chi connectivity index (χ1n) is 6.87. The fraction of sp³-hybridized carbons (Fsp3) is 0.188. The topological polar surface area (TPSA) is 102 Å². The van der Waals surface area contributed by atoms with Crippen molar-refractivity contribution in [1.29, 1.82) is 0 Å². The lowest BCUT2D eigenvalue weighted by molar-refractivity contribution is 0.0602. The van der Waals surface area contributed by atoms with E-state index in [9.17, 15) is 14.7 Å². The number of aromatic nitrogens is 1. The molecule has 1 aliphatic carbocycles. The number of aliphatic hydroxyl groups excluding tert-OH is 1. The summed E-state index contributed by atoms with van der Waals surface area (Å²) in [5.41, 5.74) is 1.30. The number of esters is 1. The van der Waals surface area contributed by atoms with E-state index in [1.165, 1.54) is 20.2 Å². The molecule has 0 aromatic heterocycles. The largest absolute Gasteiger partial charge is 0.465 e.